The normalized spacial score (nSPS) is 24.8. The van der Waals surface area contributed by atoms with Crippen molar-refractivity contribution in [2.75, 3.05) is 0 Å². The summed E-state index contributed by atoms with van der Waals surface area (Å²) in [6.45, 7) is -4.95. The summed E-state index contributed by atoms with van der Waals surface area (Å²) in [6, 6.07) is 0. The van der Waals surface area contributed by atoms with E-state index in [4.69, 9.17) is 0 Å². The third kappa shape index (κ3) is 2.71. The van der Waals surface area contributed by atoms with Crippen LogP contribution in [0.5, 0.6) is 0 Å². The van der Waals surface area contributed by atoms with Crippen LogP contribution < -0.4 is 0 Å². The topological polar surface area (TPSA) is 0 Å². The van der Waals surface area contributed by atoms with Gasteiger partial charge in [0.05, 0.1) is 0 Å². The molecule has 0 amide bonds. The van der Waals surface area contributed by atoms with Gasteiger partial charge >= 0.3 is 6.98 Å². The summed E-state index contributed by atoms with van der Waals surface area (Å²) < 4.78 is 60.3. The number of rotatable bonds is 2. The SMILES string of the molecule is FC(F)C1CC=C([B-](F)(F)F)CC1. The zero-order valence-electron chi connectivity index (χ0n) is 6.82. The van der Waals surface area contributed by atoms with Crippen LogP contribution in [0.25, 0.3) is 0 Å². The van der Waals surface area contributed by atoms with E-state index < -0.39 is 24.8 Å². The van der Waals surface area contributed by atoms with Crippen LogP contribution >= 0.6 is 0 Å². The molecule has 1 rings (SSSR count). The van der Waals surface area contributed by atoms with Gasteiger partial charge in [-0.05, 0) is 12.8 Å². The lowest BCUT2D eigenvalue weighted by atomic mass is 9.71. The fourth-order valence-corrected chi connectivity index (χ4v) is 1.40. The van der Waals surface area contributed by atoms with Gasteiger partial charge in [-0.2, -0.15) is 0 Å². The standard InChI is InChI=1S/C7H9BF5/c9-7(10)5-1-3-6(4-2-5)8(11,12)13/h3,5,7H,1-2,4H2/q-1. The summed E-state index contributed by atoms with van der Waals surface area (Å²) in [5, 5.41) is 0. The highest BCUT2D eigenvalue weighted by molar-refractivity contribution is 6.66. The Morgan fingerprint density at radius 2 is 1.92 bits per heavy atom. The molecule has 0 saturated carbocycles. The Hall–Kier alpha value is -0.545. The van der Waals surface area contributed by atoms with Crippen LogP contribution in [-0.2, 0) is 0 Å². The van der Waals surface area contributed by atoms with E-state index in [1.807, 2.05) is 0 Å². The van der Waals surface area contributed by atoms with E-state index in [0.717, 1.165) is 6.08 Å². The highest BCUT2D eigenvalue weighted by atomic mass is 19.4. The van der Waals surface area contributed by atoms with Gasteiger partial charge in [-0.25, -0.2) is 8.78 Å². The molecular weight excluding hydrogens is 190 g/mol. The predicted octanol–water partition coefficient (Wildman–Crippen LogP) is 3.36. The van der Waals surface area contributed by atoms with Crippen molar-refractivity contribution in [2.24, 2.45) is 5.92 Å². The van der Waals surface area contributed by atoms with Crippen LogP contribution in [0.15, 0.2) is 11.5 Å². The highest BCUT2D eigenvalue weighted by Gasteiger charge is 2.32. The van der Waals surface area contributed by atoms with Crippen LogP contribution in [0, 0.1) is 5.92 Å². The maximum atomic E-state index is 12.1. The molecule has 0 aromatic rings. The van der Waals surface area contributed by atoms with Crippen LogP contribution in [0.3, 0.4) is 0 Å². The number of alkyl halides is 2. The summed E-state index contributed by atoms with van der Waals surface area (Å²) in [6.07, 6.45) is -2.03. The zero-order valence-corrected chi connectivity index (χ0v) is 6.82. The Bertz CT molecular complexity index is 207. The third-order valence-electron chi connectivity index (χ3n) is 2.26. The molecule has 0 aliphatic heterocycles. The first-order valence-electron chi connectivity index (χ1n) is 4.08. The zero-order chi connectivity index (χ0) is 10.1. The molecular formula is C7H9BF5-. The average Bonchev–Trinajstić information content (AvgIpc) is 2.03. The largest absolute Gasteiger partial charge is 0.505 e. The maximum Gasteiger partial charge on any atom is 0.505 e. The first-order valence-corrected chi connectivity index (χ1v) is 4.08. The lowest BCUT2D eigenvalue weighted by molar-refractivity contribution is 0.0715. The molecule has 0 N–H and O–H groups in total. The molecule has 1 aliphatic rings. The third-order valence-corrected chi connectivity index (χ3v) is 2.26. The van der Waals surface area contributed by atoms with Crippen molar-refractivity contribution in [2.45, 2.75) is 25.7 Å². The van der Waals surface area contributed by atoms with Crippen LogP contribution in [0.2, 0.25) is 0 Å². The average molecular weight is 199 g/mol. The lowest BCUT2D eigenvalue weighted by Gasteiger charge is -2.27. The van der Waals surface area contributed by atoms with E-state index in [1.54, 1.807) is 0 Å². The first kappa shape index (κ1) is 10.5. The van der Waals surface area contributed by atoms with Crippen molar-refractivity contribution < 1.29 is 21.7 Å². The van der Waals surface area contributed by atoms with Crippen LogP contribution in [0.1, 0.15) is 19.3 Å². The molecule has 0 spiro atoms. The highest BCUT2D eigenvalue weighted by Crippen LogP contribution is 2.34. The van der Waals surface area contributed by atoms with E-state index in [0.29, 0.717) is 0 Å². The van der Waals surface area contributed by atoms with Gasteiger partial charge in [-0.3, -0.25) is 0 Å². The van der Waals surface area contributed by atoms with Crippen molar-refractivity contribution in [3.63, 3.8) is 0 Å². The number of hydrogen-bond donors (Lipinski definition) is 0. The molecule has 1 atom stereocenters. The Morgan fingerprint density at radius 1 is 1.31 bits per heavy atom. The molecule has 1 aliphatic carbocycles. The fourth-order valence-electron chi connectivity index (χ4n) is 1.40. The number of allylic oxidation sites excluding steroid dienone is 2. The van der Waals surface area contributed by atoms with Gasteiger partial charge in [-0.15, -0.1) is 11.5 Å². The van der Waals surface area contributed by atoms with E-state index >= 15 is 0 Å². The molecule has 0 radical (unpaired) electrons. The predicted molar refractivity (Wildman–Crippen MR) is 40.5 cm³/mol. The van der Waals surface area contributed by atoms with Gasteiger partial charge in [0, 0.05) is 5.92 Å². The molecule has 0 bridgehead atoms. The quantitative estimate of drug-likeness (QED) is 0.472. The van der Waals surface area contributed by atoms with Gasteiger partial charge in [-0.1, -0.05) is 6.42 Å². The minimum atomic E-state index is -4.95. The van der Waals surface area contributed by atoms with E-state index in [-0.39, 0.29) is 19.3 Å². The fraction of sp³-hybridized carbons (Fsp3) is 0.714. The molecule has 0 aromatic carbocycles. The maximum absolute atomic E-state index is 12.1. The molecule has 0 nitrogen and oxygen atoms in total. The number of halogens is 5. The van der Waals surface area contributed by atoms with Crippen molar-refractivity contribution in [3.05, 3.63) is 11.5 Å². The molecule has 13 heavy (non-hydrogen) atoms. The summed E-state index contributed by atoms with van der Waals surface area (Å²) >= 11 is 0. The molecule has 1 unspecified atom stereocenters. The molecule has 0 fully saturated rings. The van der Waals surface area contributed by atoms with E-state index in [2.05, 4.69) is 0 Å². The van der Waals surface area contributed by atoms with Crippen molar-refractivity contribution in [1.82, 2.24) is 0 Å². The second-order valence-corrected chi connectivity index (χ2v) is 3.22. The first-order chi connectivity index (χ1) is 5.91. The minimum absolute atomic E-state index is 0.0508. The van der Waals surface area contributed by atoms with E-state index in [9.17, 15) is 21.7 Å². The van der Waals surface area contributed by atoms with E-state index in [1.165, 1.54) is 0 Å². The Morgan fingerprint density at radius 3 is 2.23 bits per heavy atom. The molecule has 0 heterocycles. The Labute approximate surface area is 72.9 Å². The van der Waals surface area contributed by atoms with Crippen molar-refractivity contribution >= 4 is 6.98 Å². The summed E-state index contributed by atoms with van der Waals surface area (Å²) in [5.41, 5.74) is -0.600. The van der Waals surface area contributed by atoms with Crippen LogP contribution in [0.4, 0.5) is 21.7 Å². The number of hydrogen-bond acceptors (Lipinski definition) is 0. The molecule has 0 saturated heterocycles. The molecule has 6 heteroatoms. The van der Waals surface area contributed by atoms with Crippen molar-refractivity contribution in [3.8, 4) is 0 Å². The Balaban J connectivity index is 2.58. The van der Waals surface area contributed by atoms with Crippen LogP contribution in [-0.4, -0.2) is 13.4 Å². The molecule has 76 valence electrons. The summed E-state index contributed by atoms with van der Waals surface area (Å²) in [5.74, 6) is -0.887. The second kappa shape index (κ2) is 3.68. The van der Waals surface area contributed by atoms with Crippen molar-refractivity contribution in [1.29, 1.82) is 0 Å². The smallest absolute Gasteiger partial charge is 0.445 e. The molecule has 0 aromatic heterocycles. The summed E-state index contributed by atoms with van der Waals surface area (Å²) in [4.78, 5) is 0. The van der Waals surface area contributed by atoms with Gasteiger partial charge in [0.15, 0.2) is 0 Å². The lowest BCUT2D eigenvalue weighted by Crippen LogP contribution is -2.24. The minimum Gasteiger partial charge on any atom is -0.445 e. The monoisotopic (exact) mass is 199 g/mol. The van der Waals surface area contributed by atoms with Gasteiger partial charge in [0.1, 0.15) is 0 Å². The summed E-state index contributed by atoms with van der Waals surface area (Å²) in [7, 11) is 0. The van der Waals surface area contributed by atoms with Gasteiger partial charge < -0.3 is 12.9 Å². The van der Waals surface area contributed by atoms with Gasteiger partial charge in [0.25, 0.3) is 0 Å². The Kier molecular flexibility index (Phi) is 2.98. The van der Waals surface area contributed by atoms with Gasteiger partial charge in [0.2, 0.25) is 6.43 Å². The second-order valence-electron chi connectivity index (χ2n) is 3.22.